The van der Waals surface area contributed by atoms with Gasteiger partial charge in [-0.25, -0.2) is 4.79 Å². The Bertz CT molecular complexity index is 735. The second-order valence-corrected chi connectivity index (χ2v) is 6.20. The number of urea groups is 1. The summed E-state index contributed by atoms with van der Waals surface area (Å²) in [6, 6.07) is 11.4. The van der Waals surface area contributed by atoms with E-state index in [0.29, 0.717) is 5.69 Å². The van der Waals surface area contributed by atoms with Crippen LogP contribution in [0.25, 0.3) is 5.57 Å². The molecular formula is C19H23N3O. The first-order valence-electron chi connectivity index (χ1n) is 7.57. The van der Waals surface area contributed by atoms with E-state index in [1.54, 1.807) is 12.3 Å². The highest BCUT2D eigenvalue weighted by atomic mass is 16.2. The molecule has 0 saturated heterocycles. The molecule has 2 N–H and O–H groups in total. The molecule has 1 aromatic carbocycles. The minimum absolute atomic E-state index is 0.258. The van der Waals surface area contributed by atoms with Crippen LogP contribution in [0.4, 0.5) is 10.5 Å². The molecule has 4 nitrogen and oxygen atoms in total. The summed E-state index contributed by atoms with van der Waals surface area (Å²) < 4.78 is 0. The molecular weight excluding hydrogens is 286 g/mol. The summed E-state index contributed by atoms with van der Waals surface area (Å²) in [6.07, 6.45) is 1.70. The zero-order chi connectivity index (χ0) is 17.0. The molecule has 0 spiro atoms. The molecule has 4 heteroatoms. The SMILES string of the molecule is C=C(C)c1cccc(C(C)(C)NC(=O)Nc2cccnc2C)c1. The van der Waals surface area contributed by atoms with Crippen LogP contribution in [0.2, 0.25) is 0 Å². The van der Waals surface area contributed by atoms with Gasteiger partial charge in [0.05, 0.1) is 16.9 Å². The van der Waals surface area contributed by atoms with Gasteiger partial charge >= 0.3 is 6.03 Å². The molecule has 0 aliphatic rings. The molecule has 0 unspecified atom stereocenters. The molecule has 0 aliphatic heterocycles. The number of pyridine rings is 1. The predicted molar refractivity (Wildman–Crippen MR) is 95.3 cm³/mol. The monoisotopic (exact) mass is 309 g/mol. The molecule has 2 rings (SSSR count). The minimum Gasteiger partial charge on any atom is -0.329 e. The lowest BCUT2D eigenvalue weighted by Gasteiger charge is -2.27. The first-order valence-corrected chi connectivity index (χ1v) is 7.57. The molecule has 0 fully saturated rings. The lowest BCUT2D eigenvalue weighted by atomic mass is 9.92. The van der Waals surface area contributed by atoms with E-state index in [4.69, 9.17) is 0 Å². The van der Waals surface area contributed by atoms with E-state index >= 15 is 0 Å². The van der Waals surface area contributed by atoms with E-state index in [1.807, 2.05) is 52.0 Å². The Morgan fingerprint density at radius 2 is 1.96 bits per heavy atom. The molecule has 1 aromatic heterocycles. The van der Waals surface area contributed by atoms with Gasteiger partial charge in [-0.2, -0.15) is 0 Å². The van der Waals surface area contributed by atoms with E-state index in [1.165, 1.54) is 0 Å². The van der Waals surface area contributed by atoms with Crippen LogP contribution in [-0.2, 0) is 5.54 Å². The number of rotatable bonds is 4. The van der Waals surface area contributed by atoms with Crippen LogP contribution in [0.15, 0.2) is 49.2 Å². The van der Waals surface area contributed by atoms with Crippen LogP contribution in [-0.4, -0.2) is 11.0 Å². The van der Waals surface area contributed by atoms with E-state index in [-0.39, 0.29) is 6.03 Å². The largest absolute Gasteiger partial charge is 0.329 e. The molecule has 2 aromatic rings. The van der Waals surface area contributed by atoms with Crippen molar-refractivity contribution in [3.63, 3.8) is 0 Å². The number of nitrogens with zero attached hydrogens (tertiary/aromatic N) is 1. The number of benzene rings is 1. The number of hydrogen-bond donors (Lipinski definition) is 2. The normalized spacial score (nSPS) is 11.0. The van der Waals surface area contributed by atoms with Crippen molar-refractivity contribution >= 4 is 17.3 Å². The Kier molecular flexibility index (Phi) is 4.84. The van der Waals surface area contributed by atoms with Crippen molar-refractivity contribution in [2.75, 3.05) is 5.32 Å². The maximum absolute atomic E-state index is 12.3. The quantitative estimate of drug-likeness (QED) is 0.875. The second-order valence-electron chi connectivity index (χ2n) is 6.20. The number of amides is 2. The van der Waals surface area contributed by atoms with Crippen molar-refractivity contribution in [1.82, 2.24) is 10.3 Å². The zero-order valence-corrected chi connectivity index (χ0v) is 14.1. The standard InChI is InChI=1S/C19H23N3O/c1-13(2)15-8-6-9-16(12-15)19(4,5)22-18(23)21-17-10-7-11-20-14(17)3/h6-12H,1H2,2-5H3,(H2,21,22,23). The highest BCUT2D eigenvalue weighted by Gasteiger charge is 2.23. The Hall–Kier alpha value is -2.62. The van der Waals surface area contributed by atoms with Gasteiger partial charge in [-0.15, -0.1) is 0 Å². The Morgan fingerprint density at radius 3 is 2.61 bits per heavy atom. The summed E-state index contributed by atoms with van der Waals surface area (Å²) in [5, 5.41) is 5.85. The van der Waals surface area contributed by atoms with E-state index in [9.17, 15) is 4.79 Å². The van der Waals surface area contributed by atoms with Crippen molar-refractivity contribution in [3.8, 4) is 0 Å². The summed E-state index contributed by atoms with van der Waals surface area (Å²) in [5.41, 5.74) is 4.07. The summed E-state index contributed by atoms with van der Waals surface area (Å²) in [4.78, 5) is 16.5. The van der Waals surface area contributed by atoms with Crippen molar-refractivity contribution in [2.24, 2.45) is 0 Å². The van der Waals surface area contributed by atoms with Crippen LogP contribution >= 0.6 is 0 Å². The van der Waals surface area contributed by atoms with Crippen LogP contribution in [0, 0.1) is 6.92 Å². The smallest absolute Gasteiger partial charge is 0.319 e. The predicted octanol–water partition coefficient (Wildman–Crippen LogP) is 4.48. The number of anilines is 1. The first kappa shape index (κ1) is 16.7. The van der Waals surface area contributed by atoms with Crippen molar-refractivity contribution in [2.45, 2.75) is 33.2 Å². The van der Waals surface area contributed by atoms with Gasteiger partial charge in [-0.3, -0.25) is 4.98 Å². The number of nitrogens with one attached hydrogen (secondary N) is 2. The van der Waals surface area contributed by atoms with E-state index in [2.05, 4.69) is 28.3 Å². The Morgan fingerprint density at radius 1 is 1.22 bits per heavy atom. The maximum atomic E-state index is 12.3. The summed E-state index contributed by atoms with van der Waals surface area (Å²) >= 11 is 0. The number of hydrogen-bond acceptors (Lipinski definition) is 2. The lowest BCUT2D eigenvalue weighted by molar-refractivity contribution is 0.242. The summed E-state index contributed by atoms with van der Waals surface area (Å²) in [5.74, 6) is 0. The third-order valence-corrected chi connectivity index (χ3v) is 3.76. The van der Waals surface area contributed by atoms with Gasteiger partial charge in [-0.05, 0) is 57.0 Å². The number of allylic oxidation sites excluding steroid dienone is 1. The van der Waals surface area contributed by atoms with Crippen LogP contribution in [0.3, 0.4) is 0 Å². The number of carbonyl (C=O) groups excluding carboxylic acids is 1. The third kappa shape index (κ3) is 4.19. The Labute approximate surface area is 137 Å². The van der Waals surface area contributed by atoms with Crippen LogP contribution < -0.4 is 10.6 Å². The third-order valence-electron chi connectivity index (χ3n) is 3.76. The van der Waals surface area contributed by atoms with Gasteiger partial charge < -0.3 is 10.6 Å². The average Bonchev–Trinajstić information content (AvgIpc) is 2.49. The molecule has 0 saturated carbocycles. The van der Waals surface area contributed by atoms with E-state index < -0.39 is 5.54 Å². The van der Waals surface area contributed by atoms with Crippen LogP contribution in [0.5, 0.6) is 0 Å². The summed E-state index contributed by atoms with van der Waals surface area (Å²) in [7, 11) is 0. The molecule has 0 atom stereocenters. The van der Waals surface area contributed by atoms with Gasteiger partial charge in [0.2, 0.25) is 0 Å². The van der Waals surface area contributed by atoms with Crippen molar-refractivity contribution in [3.05, 3.63) is 66.0 Å². The fourth-order valence-corrected chi connectivity index (χ4v) is 2.30. The highest BCUT2D eigenvalue weighted by Crippen LogP contribution is 2.23. The van der Waals surface area contributed by atoms with Gasteiger partial charge in [-0.1, -0.05) is 30.4 Å². The molecule has 0 bridgehead atoms. The lowest BCUT2D eigenvalue weighted by Crippen LogP contribution is -2.43. The second kappa shape index (κ2) is 6.65. The average molecular weight is 309 g/mol. The van der Waals surface area contributed by atoms with Crippen molar-refractivity contribution in [1.29, 1.82) is 0 Å². The summed E-state index contributed by atoms with van der Waals surface area (Å²) in [6.45, 7) is 11.7. The fourth-order valence-electron chi connectivity index (χ4n) is 2.30. The molecule has 23 heavy (non-hydrogen) atoms. The first-order chi connectivity index (χ1) is 10.8. The number of aryl methyl sites for hydroxylation is 1. The molecule has 0 radical (unpaired) electrons. The van der Waals surface area contributed by atoms with Gasteiger partial charge in [0, 0.05) is 6.20 Å². The fraction of sp³-hybridized carbons (Fsp3) is 0.263. The topological polar surface area (TPSA) is 54.0 Å². The number of carbonyl (C=O) groups is 1. The maximum Gasteiger partial charge on any atom is 0.319 e. The van der Waals surface area contributed by atoms with Gasteiger partial charge in [0.1, 0.15) is 0 Å². The van der Waals surface area contributed by atoms with E-state index in [0.717, 1.165) is 22.4 Å². The van der Waals surface area contributed by atoms with Crippen LogP contribution in [0.1, 0.15) is 37.6 Å². The number of aromatic nitrogens is 1. The highest BCUT2D eigenvalue weighted by molar-refractivity contribution is 5.90. The van der Waals surface area contributed by atoms with Crippen molar-refractivity contribution < 1.29 is 4.79 Å². The molecule has 0 aliphatic carbocycles. The minimum atomic E-state index is -0.508. The molecule has 120 valence electrons. The zero-order valence-electron chi connectivity index (χ0n) is 14.1. The molecule has 2 amide bonds. The van der Waals surface area contributed by atoms with Gasteiger partial charge in [0.25, 0.3) is 0 Å². The Balaban J connectivity index is 2.14. The van der Waals surface area contributed by atoms with Gasteiger partial charge in [0.15, 0.2) is 0 Å². The molecule has 1 heterocycles.